The average molecular weight is 268 g/mol. The van der Waals surface area contributed by atoms with Crippen LogP contribution in [0.25, 0.3) is 0 Å². The number of carboxylic acids is 1. The Kier molecular flexibility index (Phi) is 6.18. The molecule has 0 saturated carbocycles. The van der Waals surface area contributed by atoms with Crippen molar-refractivity contribution in [3.63, 3.8) is 0 Å². The number of rotatable bonds is 7. The van der Waals surface area contributed by atoms with E-state index >= 15 is 0 Å². The first-order valence-corrected chi connectivity index (χ1v) is 7.01. The molecule has 2 N–H and O–H groups in total. The van der Waals surface area contributed by atoms with Gasteiger partial charge in [0.05, 0.1) is 0 Å². The van der Waals surface area contributed by atoms with Crippen molar-refractivity contribution in [3.05, 3.63) is 29.8 Å². The molecule has 1 unspecified atom stereocenters. The van der Waals surface area contributed by atoms with E-state index in [1.807, 2.05) is 18.2 Å². The first kappa shape index (κ1) is 15.0. The molecule has 0 saturated heterocycles. The summed E-state index contributed by atoms with van der Waals surface area (Å²) in [5.41, 5.74) is 1.19. The summed E-state index contributed by atoms with van der Waals surface area (Å²) in [6.07, 6.45) is 2.05. The van der Waals surface area contributed by atoms with Gasteiger partial charge in [-0.15, -0.1) is 11.8 Å². The molecular weight excluding hydrogens is 248 g/mol. The summed E-state index contributed by atoms with van der Waals surface area (Å²) in [4.78, 5) is 14.1. The SMILES string of the molecule is CNC(CN(C)Cc1ccc(SC)cc1)C(=O)O. The highest BCUT2D eigenvalue weighted by Gasteiger charge is 2.16. The molecule has 18 heavy (non-hydrogen) atoms. The van der Waals surface area contributed by atoms with Crippen LogP contribution in [0.15, 0.2) is 29.2 Å². The van der Waals surface area contributed by atoms with E-state index < -0.39 is 12.0 Å². The van der Waals surface area contributed by atoms with Gasteiger partial charge in [-0.05, 0) is 38.0 Å². The van der Waals surface area contributed by atoms with Gasteiger partial charge in [-0.3, -0.25) is 9.69 Å². The molecule has 100 valence electrons. The quantitative estimate of drug-likeness (QED) is 0.734. The zero-order valence-electron chi connectivity index (χ0n) is 11.0. The predicted octanol–water partition coefficient (Wildman–Crippen LogP) is 1.51. The Bertz CT molecular complexity index is 381. The van der Waals surface area contributed by atoms with Crippen LogP contribution in [0.3, 0.4) is 0 Å². The largest absolute Gasteiger partial charge is 0.480 e. The monoisotopic (exact) mass is 268 g/mol. The van der Waals surface area contributed by atoms with Gasteiger partial charge in [-0.2, -0.15) is 0 Å². The van der Waals surface area contributed by atoms with Gasteiger partial charge in [0.15, 0.2) is 0 Å². The number of aliphatic carboxylic acids is 1. The minimum atomic E-state index is -0.818. The number of nitrogens with zero attached hydrogens (tertiary/aromatic N) is 1. The average Bonchev–Trinajstić information content (AvgIpc) is 2.36. The second-order valence-corrected chi connectivity index (χ2v) is 5.10. The zero-order chi connectivity index (χ0) is 13.5. The number of hydrogen-bond donors (Lipinski definition) is 2. The minimum absolute atomic E-state index is 0.482. The first-order valence-electron chi connectivity index (χ1n) is 5.78. The topological polar surface area (TPSA) is 52.6 Å². The molecule has 0 amide bonds. The fourth-order valence-electron chi connectivity index (χ4n) is 1.71. The van der Waals surface area contributed by atoms with Crippen molar-refractivity contribution in [2.75, 3.05) is 26.9 Å². The van der Waals surface area contributed by atoms with Crippen molar-refractivity contribution in [1.29, 1.82) is 0 Å². The number of benzene rings is 1. The van der Waals surface area contributed by atoms with Crippen LogP contribution in [0.2, 0.25) is 0 Å². The normalized spacial score (nSPS) is 12.7. The van der Waals surface area contributed by atoms with Crippen LogP contribution in [0.5, 0.6) is 0 Å². The molecule has 0 fully saturated rings. The highest BCUT2D eigenvalue weighted by molar-refractivity contribution is 7.98. The third-order valence-electron chi connectivity index (χ3n) is 2.75. The molecule has 0 heterocycles. The van der Waals surface area contributed by atoms with Crippen molar-refractivity contribution >= 4 is 17.7 Å². The Balaban J connectivity index is 2.52. The molecule has 5 heteroatoms. The Morgan fingerprint density at radius 2 is 2.06 bits per heavy atom. The summed E-state index contributed by atoms with van der Waals surface area (Å²) in [5.74, 6) is -0.818. The van der Waals surface area contributed by atoms with Gasteiger partial charge >= 0.3 is 5.97 Å². The number of carbonyl (C=O) groups is 1. The lowest BCUT2D eigenvalue weighted by molar-refractivity contribution is -0.139. The van der Waals surface area contributed by atoms with Crippen molar-refractivity contribution < 1.29 is 9.90 Å². The number of thioether (sulfide) groups is 1. The highest BCUT2D eigenvalue weighted by atomic mass is 32.2. The summed E-state index contributed by atoms with van der Waals surface area (Å²) < 4.78 is 0. The molecule has 1 aromatic rings. The fraction of sp³-hybridized carbons (Fsp3) is 0.462. The molecule has 1 rings (SSSR count). The van der Waals surface area contributed by atoms with Crippen LogP contribution in [0.4, 0.5) is 0 Å². The Hall–Kier alpha value is -1.04. The lowest BCUT2D eigenvalue weighted by Crippen LogP contribution is -2.43. The van der Waals surface area contributed by atoms with Gasteiger partial charge in [-0.25, -0.2) is 0 Å². The van der Waals surface area contributed by atoms with Crippen molar-refractivity contribution in [1.82, 2.24) is 10.2 Å². The Labute approximate surface area is 112 Å². The van der Waals surface area contributed by atoms with Gasteiger partial charge in [0.1, 0.15) is 6.04 Å². The summed E-state index contributed by atoms with van der Waals surface area (Å²) in [7, 11) is 3.59. The van der Waals surface area contributed by atoms with E-state index in [-0.39, 0.29) is 0 Å². The lowest BCUT2D eigenvalue weighted by Gasteiger charge is -2.21. The molecule has 0 aliphatic rings. The van der Waals surface area contributed by atoms with E-state index in [0.29, 0.717) is 6.54 Å². The highest BCUT2D eigenvalue weighted by Crippen LogP contribution is 2.15. The molecular formula is C13H20N2O2S. The van der Waals surface area contributed by atoms with E-state index in [4.69, 9.17) is 5.11 Å². The van der Waals surface area contributed by atoms with Crippen molar-refractivity contribution in [3.8, 4) is 0 Å². The van der Waals surface area contributed by atoms with Crippen LogP contribution < -0.4 is 5.32 Å². The standard InChI is InChI=1S/C13H20N2O2S/c1-14-12(13(16)17)9-15(2)8-10-4-6-11(18-3)7-5-10/h4-7,12,14H,8-9H2,1-3H3,(H,16,17). The van der Waals surface area contributed by atoms with Gasteiger partial charge in [0.2, 0.25) is 0 Å². The summed E-state index contributed by atoms with van der Waals surface area (Å²) in [6.45, 7) is 1.23. The maximum Gasteiger partial charge on any atom is 0.322 e. The van der Waals surface area contributed by atoms with Gasteiger partial charge in [0.25, 0.3) is 0 Å². The zero-order valence-corrected chi connectivity index (χ0v) is 11.8. The number of carboxylic acid groups (broad SMARTS) is 1. The van der Waals surface area contributed by atoms with Crippen molar-refractivity contribution in [2.24, 2.45) is 0 Å². The predicted molar refractivity (Wildman–Crippen MR) is 75.0 cm³/mol. The minimum Gasteiger partial charge on any atom is -0.480 e. The molecule has 0 aromatic heterocycles. The third kappa shape index (κ3) is 4.68. The second kappa shape index (κ2) is 7.41. The molecule has 0 bridgehead atoms. The Morgan fingerprint density at radius 3 is 2.50 bits per heavy atom. The van der Waals surface area contributed by atoms with Crippen LogP contribution in [-0.2, 0) is 11.3 Å². The van der Waals surface area contributed by atoms with Gasteiger partial charge in [0, 0.05) is 18.0 Å². The molecule has 0 aliphatic carbocycles. The molecule has 1 aromatic carbocycles. The third-order valence-corrected chi connectivity index (χ3v) is 3.50. The molecule has 0 radical (unpaired) electrons. The summed E-state index contributed by atoms with van der Waals surface area (Å²) in [5, 5.41) is 11.8. The van der Waals surface area contributed by atoms with Crippen LogP contribution in [0.1, 0.15) is 5.56 Å². The van der Waals surface area contributed by atoms with Gasteiger partial charge < -0.3 is 10.4 Å². The number of hydrogen-bond acceptors (Lipinski definition) is 4. The first-order chi connectivity index (χ1) is 8.56. The second-order valence-electron chi connectivity index (χ2n) is 4.22. The molecule has 1 atom stereocenters. The molecule has 0 spiro atoms. The summed E-state index contributed by atoms with van der Waals surface area (Å²) >= 11 is 1.71. The van der Waals surface area contributed by atoms with Crippen LogP contribution in [-0.4, -0.2) is 48.9 Å². The van der Waals surface area contributed by atoms with Gasteiger partial charge in [-0.1, -0.05) is 12.1 Å². The fourth-order valence-corrected chi connectivity index (χ4v) is 2.12. The van der Waals surface area contributed by atoms with E-state index in [1.165, 1.54) is 10.5 Å². The maximum atomic E-state index is 10.9. The smallest absolute Gasteiger partial charge is 0.322 e. The van der Waals surface area contributed by atoms with Crippen LogP contribution >= 0.6 is 11.8 Å². The van der Waals surface area contributed by atoms with Crippen molar-refractivity contribution in [2.45, 2.75) is 17.5 Å². The maximum absolute atomic E-state index is 10.9. The van der Waals surface area contributed by atoms with E-state index in [1.54, 1.807) is 18.8 Å². The van der Waals surface area contributed by atoms with E-state index in [2.05, 4.69) is 29.6 Å². The van der Waals surface area contributed by atoms with Crippen LogP contribution in [0, 0.1) is 0 Å². The van der Waals surface area contributed by atoms with E-state index in [0.717, 1.165) is 6.54 Å². The number of nitrogens with one attached hydrogen (secondary N) is 1. The van der Waals surface area contributed by atoms with E-state index in [9.17, 15) is 4.79 Å². The number of likely N-dealkylation sites (N-methyl/N-ethyl adjacent to an activating group) is 2. The molecule has 0 aliphatic heterocycles. The Morgan fingerprint density at radius 1 is 1.44 bits per heavy atom. The lowest BCUT2D eigenvalue weighted by atomic mass is 10.2. The molecule has 4 nitrogen and oxygen atoms in total. The summed E-state index contributed by atoms with van der Waals surface area (Å²) in [6, 6.07) is 7.80.